The number of hydrogen-bond acceptors (Lipinski definition) is 4. The van der Waals surface area contributed by atoms with Gasteiger partial charge in [0, 0.05) is 25.3 Å². The van der Waals surface area contributed by atoms with Crippen molar-refractivity contribution in [2.45, 2.75) is 58.7 Å². The van der Waals surface area contributed by atoms with Crippen molar-refractivity contribution in [3.63, 3.8) is 0 Å². The maximum atomic E-state index is 4.17. The molecule has 0 unspecified atom stereocenters. The maximum absolute atomic E-state index is 4.17. The lowest BCUT2D eigenvalue weighted by Gasteiger charge is -2.38. The molecule has 1 N–H and O–H groups in total. The molecule has 2 rings (SSSR count). The number of hydrogen-bond donors (Lipinski definition) is 1. The molecule has 1 fully saturated rings. The van der Waals surface area contributed by atoms with Crippen molar-refractivity contribution in [3.05, 3.63) is 11.9 Å². The Hall–Kier alpha value is -0.940. The fraction of sp³-hybridized carbons (Fsp3) is 0.867. The van der Waals surface area contributed by atoms with Gasteiger partial charge in [-0.15, -0.1) is 5.10 Å². The number of nitrogens with one attached hydrogen (secondary N) is 1. The SMILES string of the molecule is CNCc1cn(CCN(C)C2CCC(C)(C)CC2)nn1. The van der Waals surface area contributed by atoms with Crippen LogP contribution in [0, 0.1) is 5.41 Å². The second kappa shape index (κ2) is 6.68. The predicted molar refractivity (Wildman–Crippen MR) is 81.5 cm³/mol. The van der Waals surface area contributed by atoms with Crippen LogP contribution in [0.5, 0.6) is 0 Å². The molecule has 0 amide bonds. The molecule has 5 nitrogen and oxygen atoms in total. The van der Waals surface area contributed by atoms with Crippen molar-refractivity contribution in [1.82, 2.24) is 25.2 Å². The Morgan fingerprint density at radius 1 is 1.40 bits per heavy atom. The van der Waals surface area contributed by atoms with E-state index in [9.17, 15) is 0 Å². The van der Waals surface area contributed by atoms with Crippen LogP contribution in [0.3, 0.4) is 0 Å². The van der Waals surface area contributed by atoms with E-state index in [1.165, 1.54) is 25.7 Å². The number of likely N-dealkylation sites (N-methyl/N-ethyl adjacent to an activating group) is 1. The summed E-state index contributed by atoms with van der Waals surface area (Å²) < 4.78 is 1.95. The van der Waals surface area contributed by atoms with Gasteiger partial charge in [-0.05, 0) is 45.2 Å². The summed E-state index contributed by atoms with van der Waals surface area (Å²) in [5.74, 6) is 0. The van der Waals surface area contributed by atoms with E-state index >= 15 is 0 Å². The van der Waals surface area contributed by atoms with E-state index in [-0.39, 0.29) is 0 Å². The average Bonchev–Trinajstić information content (AvgIpc) is 2.84. The van der Waals surface area contributed by atoms with Gasteiger partial charge in [-0.3, -0.25) is 4.68 Å². The first-order valence-electron chi connectivity index (χ1n) is 7.74. The summed E-state index contributed by atoms with van der Waals surface area (Å²) >= 11 is 0. The minimum Gasteiger partial charge on any atom is -0.314 e. The summed E-state index contributed by atoms with van der Waals surface area (Å²) in [5, 5.41) is 11.4. The smallest absolute Gasteiger partial charge is 0.0964 e. The van der Waals surface area contributed by atoms with Crippen molar-refractivity contribution >= 4 is 0 Å². The molecule has 0 radical (unpaired) electrons. The van der Waals surface area contributed by atoms with E-state index in [1.54, 1.807) is 0 Å². The standard InChI is InChI=1S/C15H29N5/c1-15(2)7-5-14(6-8-15)19(4)9-10-20-12-13(11-16-3)17-18-20/h12,14,16H,5-11H2,1-4H3. The summed E-state index contributed by atoms with van der Waals surface area (Å²) in [6.45, 7) is 7.54. The van der Waals surface area contributed by atoms with Gasteiger partial charge in [0.25, 0.3) is 0 Å². The Labute approximate surface area is 122 Å². The molecule has 0 spiro atoms. The molecule has 0 atom stereocenters. The summed E-state index contributed by atoms with van der Waals surface area (Å²) in [6.07, 6.45) is 7.38. The van der Waals surface area contributed by atoms with Gasteiger partial charge in [-0.25, -0.2) is 0 Å². The molecule has 1 aliphatic rings. The first-order valence-corrected chi connectivity index (χ1v) is 7.74. The van der Waals surface area contributed by atoms with Crippen LogP contribution in [0.15, 0.2) is 6.20 Å². The molecule has 114 valence electrons. The van der Waals surface area contributed by atoms with E-state index in [4.69, 9.17) is 0 Å². The second-order valence-electron chi connectivity index (χ2n) is 6.88. The van der Waals surface area contributed by atoms with Crippen LogP contribution in [0.2, 0.25) is 0 Å². The molecule has 0 bridgehead atoms. The molecule has 0 aromatic carbocycles. The molecule has 1 aliphatic carbocycles. The molecule has 20 heavy (non-hydrogen) atoms. The Balaban J connectivity index is 1.75. The van der Waals surface area contributed by atoms with Crippen LogP contribution < -0.4 is 5.32 Å². The lowest BCUT2D eigenvalue weighted by molar-refractivity contribution is 0.124. The zero-order chi connectivity index (χ0) is 14.6. The highest BCUT2D eigenvalue weighted by Gasteiger charge is 2.28. The summed E-state index contributed by atoms with van der Waals surface area (Å²) in [7, 11) is 4.17. The normalized spacial score (nSPS) is 19.6. The van der Waals surface area contributed by atoms with Crippen molar-refractivity contribution in [3.8, 4) is 0 Å². The molecule has 1 aromatic rings. The van der Waals surface area contributed by atoms with Crippen LogP contribution in [0.1, 0.15) is 45.2 Å². The molecular formula is C15H29N5. The lowest BCUT2D eigenvalue weighted by Crippen LogP contribution is -2.38. The van der Waals surface area contributed by atoms with Crippen LogP contribution >= 0.6 is 0 Å². The van der Waals surface area contributed by atoms with Crippen molar-refractivity contribution in [1.29, 1.82) is 0 Å². The monoisotopic (exact) mass is 279 g/mol. The summed E-state index contributed by atoms with van der Waals surface area (Å²) in [4.78, 5) is 2.49. The molecule has 1 heterocycles. The van der Waals surface area contributed by atoms with Gasteiger partial charge in [0.1, 0.15) is 0 Å². The topological polar surface area (TPSA) is 46.0 Å². The van der Waals surface area contributed by atoms with Gasteiger partial charge in [0.15, 0.2) is 0 Å². The van der Waals surface area contributed by atoms with Crippen molar-refractivity contribution in [2.75, 3.05) is 20.6 Å². The molecule has 1 saturated carbocycles. The molecule has 0 aliphatic heterocycles. The maximum Gasteiger partial charge on any atom is 0.0964 e. The Kier molecular flexibility index (Phi) is 5.16. The Bertz CT molecular complexity index is 402. The molecule has 5 heteroatoms. The van der Waals surface area contributed by atoms with E-state index in [0.29, 0.717) is 5.41 Å². The molecule has 0 saturated heterocycles. The predicted octanol–water partition coefficient (Wildman–Crippen LogP) is 1.90. The average molecular weight is 279 g/mol. The highest BCUT2D eigenvalue weighted by molar-refractivity contribution is 4.91. The fourth-order valence-corrected chi connectivity index (χ4v) is 2.98. The van der Waals surface area contributed by atoms with Gasteiger partial charge in [-0.2, -0.15) is 0 Å². The minimum atomic E-state index is 0.547. The number of aromatic nitrogens is 3. The first-order chi connectivity index (χ1) is 9.50. The van der Waals surface area contributed by atoms with Crippen LogP contribution in [0.25, 0.3) is 0 Å². The largest absolute Gasteiger partial charge is 0.314 e. The quantitative estimate of drug-likeness (QED) is 0.864. The van der Waals surface area contributed by atoms with Crippen LogP contribution in [-0.4, -0.2) is 46.6 Å². The lowest BCUT2D eigenvalue weighted by atomic mass is 9.75. The van der Waals surface area contributed by atoms with Gasteiger partial charge in [0.2, 0.25) is 0 Å². The van der Waals surface area contributed by atoms with Gasteiger partial charge < -0.3 is 10.2 Å². The van der Waals surface area contributed by atoms with E-state index in [0.717, 1.165) is 31.4 Å². The summed E-state index contributed by atoms with van der Waals surface area (Å²) in [6, 6.07) is 0.739. The third-order valence-corrected chi connectivity index (χ3v) is 4.56. The van der Waals surface area contributed by atoms with Crippen molar-refractivity contribution < 1.29 is 0 Å². The number of rotatable bonds is 6. The highest BCUT2D eigenvalue weighted by Crippen LogP contribution is 2.36. The highest BCUT2D eigenvalue weighted by atomic mass is 15.4. The second-order valence-corrected chi connectivity index (χ2v) is 6.88. The molecule has 1 aromatic heterocycles. The van der Waals surface area contributed by atoms with Gasteiger partial charge >= 0.3 is 0 Å². The zero-order valence-corrected chi connectivity index (χ0v) is 13.4. The summed E-state index contributed by atoms with van der Waals surface area (Å²) in [5.41, 5.74) is 1.56. The van der Waals surface area contributed by atoms with Gasteiger partial charge in [0.05, 0.1) is 12.2 Å². The molecular weight excluding hydrogens is 250 g/mol. The van der Waals surface area contributed by atoms with Crippen molar-refractivity contribution in [2.24, 2.45) is 5.41 Å². The van der Waals surface area contributed by atoms with E-state index < -0.39 is 0 Å². The number of nitrogens with zero attached hydrogens (tertiary/aromatic N) is 4. The Morgan fingerprint density at radius 3 is 2.75 bits per heavy atom. The third-order valence-electron chi connectivity index (χ3n) is 4.56. The third kappa shape index (κ3) is 4.28. The first kappa shape index (κ1) is 15.4. The van der Waals surface area contributed by atoms with Crippen LogP contribution in [0.4, 0.5) is 0 Å². The van der Waals surface area contributed by atoms with Gasteiger partial charge in [-0.1, -0.05) is 19.1 Å². The Morgan fingerprint density at radius 2 is 2.10 bits per heavy atom. The van der Waals surface area contributed by atoms with E-state index in [1.807, 2.05) is 17.9 Å². The zero-order valence-electron chi connectivity index (χ0n) is 13.4. The minimum absolute atomic E-state index is 0.547. The van der Waals surface area contributed by atoms with E-state index in [2.05, 4.69) is 41.4 Å². The van der Waals surface area contributed by atoms with Crippen LogP contribution in [-0.2, 0) is 13.1 Å². The fourth-order valence-electron chi connectivity index (χ4n) is 2.98.